The molecule has 11 rings (SSSR count). The summed E-state index contributed by atoms with van der Waals surface area (Å²) in [7, 11) is 0. The summed E-state index contributed by atoms with van der Waals surface area (Å²) in [5.74, 6) is 1.83. The van der Waals surface area contributed by atoms with Crippen molar-refractivity contribution in [2.24, 2.45) is 0 Å². The van der Waals surface area contributed by atoms with Crippen molar-refractivity contribution in [1.29, 1.82) is 0 Å². The first-order valence-electron chi connectivity index (χ1n) is 17.9. The summed E-state index contributed by atoms with van der Waals surface area (Å²) in [5, 5.41) is 11.2. The van der Waals surface area contributed by atoms with Crippen molar-refractivity contribution < 1.29 is 4.42 Å². The molecule has 0 radical (unpaired) electrons. The van der Waals surface area contributed by atoms with Gasteiger partial charge in [0.25, 0.3) is 0 Å². The molecule has 9 aromatic carbocycles. The predicted octanol–water partition coefficient (Wildman–Crippen LogP) is 13.1. The smallest absolute Gasteiger partial charge is 0.164 e. The zero-order chi connectivity index (χ0) is 34.9. The summed E-state index contributed by atoms with van der Waals surface area (Å²) in [6.45, 7) is 0. The molecule has 0 saturated heterocycles. The van der Waals surface area contributed by atoms with Crippen LogP contribution in [0.4, 0.5) is 0 Å². The molecule has 0 aliphatic heterocycles. The third kappa shape index (κ3) is 4.80. The summed E-state index contributed by atoms with van der Waals surface area (Å²) in [4.78, 5) is 15.5. The molecule has 0 unspecified atom stereocenters. The quantitative estimate of drug-likeness (QED) is 0.174. The Morgan fingerprint density at radius 2 is 0.849 bits per heavy atom. The van der Waals surface area contributed by atoms with E-state index in [1.54, 1.807) is 0 Å². The van der Waals surface area contributed by atoms with Crippen LogP contribution in [0, 0.1) is 0 Å². The molecular formula is C49H29N3O. The van der Waals surface area contributed by atoms with Gasteiger partial charge in [0.1, 0.15) is 11.2 Å². The topological polar surface area (TPSA) is 51.8 Å². The highest BCUT2D eigenvalue weighted by atomic mass is 16.3. The van der Waals surface area contributed by atoms with Gasteiger partial charge in [0.2, 0.25) is 0 Å². The minimum Gasteiger partial charge on any atom is -0.455 e. The Hall–Kier alpha value is -7.17. The van der Waals surface area contributed by atoms with Crippen LogP contribution in [0.25, 0.3) is 110 Å². The highest BCUT2D eigenvalue weighted by molar-refractivity contribution is 6.28. The molecular weight excluding hydrogens is 647 g/mol. The largest absolute Gasteiger partial charge is 0.455 e. The van der Waals surface area contributed by atoms with Crippen LogP contribution in [0.1, 0.15) is 0 Å². The Labute approximate surface area is 304 Å². The van der Waals surface area contributed by atoms with Crippen molar-refractivity contribution in [2.45, 2.75) is 0 Å². The maximum absolute atomic E-state index is 6.99. The third-order valence-electron chi connectivity index (χ3n) is 10.5. The lowest BCUT2D eigenvalue weighted by molar-refractivity contribution is 0.677. The van der Waals surface area contributed by atoms with Crippen molar-refractivity contribution in [3.63, 3.8) is 0 Å². The van der Waals surface area contributed by atoms with E-state index in [0.29, 0.717) is 17.5 Å². The molecule has 246 valence electrons. The molecule has 0 aliphatic carbocycles. The molecule has 0 atom stereocenters. The Bertz CT molecular complexity index is 3220. The van der Waals surface area contributed by atoms with Gasteiger partial charge < -0.3 is 4.42 Å². The second-order valence-electron chi connectivity index (χ2n) is 13.6. The van der Waals surface area contributed by atoms with Gasteiger partial charge in [0.05, 0.1) is 0 Å². The molecule has 4 nitrogen and oxygen atoms in total. The molecule has 2 aromatic heterocycles. The number of hydrogen-bond acceptors (Lipinski definition) is 4. The molecule has 53 heavy (non-hydrogen) atoms. The number of hydrogen-bond donors (Lipinski definition) is 0. The van der Waals surface area contributed by atoms with Crippen molar-refractivity contribution in [2.75, 3.05) is 0 Å². The first kappa shape index (κ1) is 29.5. The zero-order valence-electron chi connectivity index (χ0n) is 28.5. The predicted molar refractivity (Wildman–Crippen MR) is 219 cm³/mol. The minimum atomic E-state index is 0.600. The normalized spacial score (nSPS) is 11.8. The molecule has 0 spiro atoms. The van der Waals surface area contributed by atoms with Crippen LogP contribution in [0.15, 0.2) is 180 Å². The van der Waals surface area contributed by atoms with Crippen LogP contribution >= 0.6 is 0 Å². The van der Waals surface area contributed by atoms with Gasteiger partial charge in [-0.15, -0.1) is 0 Å². The Kier molecular flexibility index (Phi) is 6.52. The lowest BCUT2D eigenvalue weighted by Crippen LogP contribution is -2.00. The van der Waals surface area contributed by atoms with E-state index in [9.17, 15) is 0 Å². The maximum Gasteiger partial charge on any atom is 0.164 e. The van der Waals surface area contributed by atoms with Gasteiger partial charge in [-0.1, -0.05) is 158 Å². The summed E-state index contributed by atoms with van der Waals surface area (Å²) in [5.41, 5.74) is 6.76. The van der Waals surface area contributed by atoms with Crippen LogP contribution in [-0.4, -0.2) is 15.0 Å². The molecule has 0 fully saturated rings. The second-order valence-corrected chi connectivity index (χ2v) is 13.6. The highest BCUT2D eigenvalue weighted by Crippen LogP contribution is 2.44. The van der Waals surface area contributed by atoms with Gasteiger partial charge in [0, 0.05) is 38.2 Å². The summed E-state index contributed by atoms with van der Waals surface area (Å²) >= 11 is 0. The van der Waals surface area contributed by atoms with E-state index in [1.165, 1.54) is 21.7 Å². The lowest BCUT2D eigenvalue weighted by atomic mass is 9.95. The molecule has 0 amide bonds. The van der Waals surface area contributed by atoms with Crippen molar-refractivity contribution in [3.8, 4) is 45.3 Å². The fraction of sp³-hybridized carbons (Fsp3) is 0. The lowest BCUT2D eigenvalue weighted by Gasteiger charge is -2.12. The van der Waals surface area contributed by atoms with Gasteiger partial charge in [-0.25, -0.2) is 15.0 Å². The van der Waals surface area contributed by atoms with Crippen molar-refractivity contribution >= 4 is 65.0 Å². The fourth-order valence-corrected chi connectivity index (χ4v) is 7.86. The van der Waals surface area contributed by atoms with E-state index in [-0.39, 0.29) is 0 Å². The van der Waals surface area contributed by atoms with E-state index in [2.05, 4.69) is 146 Å². The van der Waals surface area contributed by atoms with Crippen LogP contribution in [0.5, 0.6) is 0 Å². The standard InChI is InChI=1S/C49H29N3O/c1-2-13-34(14-3-1)47-50-48(35-22-18-31(19-23-35)37-24-20-30-10-4-5-15-36(30)28-37)52-49(51-47)42-29-38-25-21-32-11-6-8-16-39(32)43(38)46-44(42)41-27-26-33-12-7-9-17-40(33)45(41)53-46/h1-29H. The van der Waals surface area contributed by atoms with Gasteiger partial charge >= 0.3 is 0 Å². The fourth-order valence-electron chi connectivity index (χ4n) is 7.86. The number of rotatable bonds is 4. The van der Waals surface area contributed by atoms with E-state index < -0.39 is 0 Å². The number of furan rings is 1. The number of nitrogens with zero attached hydrogens (tertiary/aromatic N) is 3. The highest BCUT2D eigenvalue weighted by Gasteiger charge is 2.22. The summed E-state index contributed by atoms with van der Waals surface area (Å²) < 4.78 is 6.99. The van der Waals surface area contributed by atoms with E-state index in [0.717, 1.165) is 71.1 Å². The van der Waals surface area contributed by atoms with Crippen LogP contribution in [-0.2, 0) is 0 Å². The average Bonchev–Trinajstić information content (AvgIpc) is 3.63. The molecule has 11 aromatic rings. The Morgan fingerprint density at radius 1 is 0.302 bits per heavy atom. The SMILES string of the molecule is c1ccc(-c2nc(-c3ccc(-c4ccc5ccccc5c4)cc3)nc(-c3cc4ccc5ccccc5c4c4oc5c6ccccc6ccc5c34)n2)cc1. The molecule has 0 bridgehead atoms. The monoisotopic (exact) mass is 675 g/mol. The Morgan fingerprint density at radius 3 is 1.64 bits per heavy atom. The van der Waals surface area contributed by atoms with E-state index in [1.807, 2.05) is 30.3 Å². The number of aromatic nitrogens is 3. The van der Waals surface area contributed by atoms with Crippen LogP contribution < -0.4 is 0 Å². The molecule has 0 saturated carbocycles. The van der Waals surface area contributed by atoms with Crippen LogP contribution in [0.2, 0.25) is 0 Å². The maximum atomic E-state index is 6.99. The average molecular weight is 676 g/mol. The Balaban J connectivity index is 1.16. The van der Waals surface area contributed by atoms with Gasteiger partial charge in [-0.3, -0.25) is 0 Å². The van der Waals surface area contributed by atoms with Crippen molar-refractivity contribution in [3.05, 3.63) is 176 Å². The molecule has 2 heterocycles. The summed E-state index contributed by atoms with van der Waals surface area (Å²) in [6, 6.07) is 61.6. The summed E-state index contributed by atoms with van der Waals surface area (Å²) in [6.07, 6.45) is 0. The zero-order valence-corrected chi connectivity index (χ0v) is 28.5. The minimum absolute atomic E-state index is 0.600. The molecule has 0 N–H and O–H groups in total. The molecule has 0 aliphatic rings. The van der Waals surface area contributed by atoms with Crippen molar-refractivity contribution in [1.82, 2.24) is 15.0 Å². The van der Waals surface area contributed by atoms with Gasteiger partial charge in [-0.05, 0) is 61.6 Å². The first-order valence-corrected chi connectivity index (χ1v) is 17.9. The number of benzene rings is 9. The van der Waals surface area contributed by atoms with E-state index in [4.69, 9.17) is 19.4 Å². The van der Waals surface area contributed by atoms with Gasteiger partial charge in [0.15, 0.2) is 17.5 Å². The first-order chi connectivity index (χ1) is 26.2. The molecule has 4 heteroatoms. The third-order valence-corrected chi connectivity index (χ3v) is 10.5. The van der Waals surface area contributed by atoms with Crippen LogP contribution in [0.3, 0.4) is 0 Å². The number of fused-ring (bicyclic) bond motifs is 10. The van der Waals surface area contributed by atoms with Gasteiger partial charge in [-0.2, -0.15) is 0 Å². The second kappa shape index (κ2) is 11.7. The van der Waals surface area contributed by atoms with E-state index >= 15 is 0 Å².